The predicted molar refractivity (Wildman–Crippen MR) is 90.1 cm³/mol. The van der Waals surface area contributed by atoms with Crippen molar-refractivity contribution < 1.29 is 14.3 Å². The Hall–Kier alpha value is -2.18. The van der Waals surface area contributed by atoms with E-state index in [-0.39, 0.29) is 12.6 Å². The summed E-state index contributed by atoms with van der Waals surface area (Å²) in [6, 6.07) is 13.4. The average molecular weight is 332 g/mol. The largest absolute Gasteiger partial charge is 0.374 e. The molecule has 122 valence electrons. The first-order valence-corrected chi connectivity index (χ1v) is 8.11. The van der Waals surface area contributed by atoms with Crippen LogP contribution < -0.4 is 10.6 Å². The first kappa shape index (κ1) is 17.2. The van der Waals surface area contributed by atoms with Crippen LogP contribution >= 0.6 is 11.3 Å². The summed E-state index contributed by atoms with van der Waals surface area (Å²) in [4.78, 5) is 25.8. The van der Waals surface area contributed by atoms with Gasteiger partial charge in [-0.1, -0.05) is 30.3 Å². The highest BCUT2D eigenvalue weighted by Crippen LogP contribution is 2.24. The number of amides is 2. The normalized spacial score (nSPS) is 11.7. The molecule has 0 radical (unpaired) electrons. The summed E-state index contributed by atoms with van der Waals surface area (Å²) < 4.78 is 5.37. The molecular weight excluding hydrogens is 312 g/mol. The van der Waals surface area contributed by atoms with E-state index in [1.807, 2.05) is 49.4 Å². The van der Waals surface area contributed by atoms with Gasteiger partial charge < -0.3 is 15.4 Å². The van der Waals surface area contributed by atoms with E-state index in [2.05, 4.69) is 10.6 Å². The number of nitrogens with one attached hydrogen (secondary N) is 2. The molecule has 5 nitrogen and oxygen atoms in total. The van der Waals surface area contributed by atoms with Gasteiger partial charge in [0.05, 0.1) is 0 Å². The van der Waals surface area contributed by atoms with E-state index in [4.69, 9.17) is 4.74 Å². The van der Waals surface area contributed by atoms with Crippen LogP contribution in [0.15, 0.2) is 42.5 Å². The third-order valence-electron chi connectivity index (χ3n) is 3.31. The van der Waals surface area contributed by atoms with Crippen molar-refractivity contribution >= 4 is 23.2 Å². The maximum atomic E-state index is 11.8. The molecule has 0 unspecified atom stereocenters. The summed E-state index contributed by atoms with van der Waals surface area (Å²) in [5, 5.41) is 5.20. The van der Waals surface area contributed by atoms with Gasteiger partial charge in [-0.05, 0) is 24.6 Å². The van der Waals surface area contributed by atoms with Crippen molar-refractivity contribution in [2.45, 2.75) is 19.6 Å². The zero-order valence-corrected chi connectivity index (χ0v) is 14.0. The van der Waals surface area contributed by atoms with Crippen molar-refractivity contribution in [2.24, 2.45) is 0 Å². The van der Waals surface area contributed by atoms with Crippen molar-refractivity contribution in [1.82, 2.24) is 10.6 Å². The zero-order chi connectivity index (χ0) is 16.7. The standard InChI is InChI=1S/C17H20N2O3S/c1-12-8-9-15(23-12)14(22-2)11-19-17(21)16(20)18-10-13-6-4-3-5-7-13/h3-9,14H,10-11H2,1-2H3,(H,18,20)(H,19,21)/t14-/m0/s1. The number of thiophene rings is 1. The molecule has 2 amide bonds. The van der Waals surface area contributed by atoms with Gasteiger partial charge in [0.25, 0.3) is 0 Å². The minimum atomic E-state index is -0.656. The Morgan fingerprint density at radius 3 is 2.39 bits per heavy atom. The van der Waals surface area contributed by atoms with Crippen LogP contribution in [0.1, 0.15) is 21.4 Å². The van der Waals surface area contributed by atoms with Crippen LogP contribution in [-0.2, 0) is 20.9 Å². The van der Waals surface area contributed by atoms with Crippen molar-refractivity contribution in [3.05, 3.63) is 57.8 Å². The second-order valence-corrected chi connectivity index (χ2v) is 6.37. The smallest absolute Gasteiger partial charge is 0.309 e. The van der Waals surface area contributed by atoms with Gasteiger partial charge in [-0.25, -0.2) is 0 Å². The Labute approximate surface area is 139 Å². The minimum Gasteiger partial charge on any atom is -0.374 e. The third-order valence-corrected chi connectivity index (χ3v) is 4.41. The number of hydrogen-bond donors (Lipinski definition) is 2. The summed E-state index contributed by atoms with van der Waals surface area (Å²) in [5.74, 6) is -1.30. The van der Waals surface area contributed by atoms with E-state index in [1.165, 1.54) is 4.88 Å². The number of rotatable bonds is 6. The number of hydrogen-bond acceptors (Lipinski definition) is 4. The molecule has 2 N–H and O–H groups in total. The number of benzene rings is 1. The topological polar surface area (TPSA) is 67.4 Å². The van der Waals surface area contributed by atoms with Crippen LogP contribution in [0.5, 0.6) is 0 Å². The van der Waals surface area contributed by atoms with E-state index in [0.717, 1.165) is 10.4 Å². The van der Waals surface area contributed by atoms with Gasteiger partial charge in [0, 0.05) is 30.0 Å². The average Bonchev–Trinajstić information content (AvgIpc) is 3.00. The maximum Gasteiger partial charge on any atom is 0.309 e. The van der Waals surface area contributed by atoms with Gasteiger partial charge in [0.15, 0.2) is 0 Å². The van der Waals surface area contributed by atoms with E-state index in [1.54, 1.807) is 18.4 Å². The molecule has 0 aliphatic rings. The van der Waals surface area contributed by atoms with Crippen molar-refractivity contribution in [3.8, 4) is 0 Å². The molecule has 0 aliphatic carbocycles. The molecule has 1 aromatic carbocycles. The van der Waals surface area contributed by atoms with Gasteiger partial charge in [0.1, 0.15) is 6.10 Å². The van der Waals surface area contributed by atoms with Gasteiger partial charge in [0.2, 0.25) is 0 Å². The van der Waals surface area contributed by atoms with Crippen LogP contribution in [0.4, 0.5) is 0 Å². The molecule has 0 aliphatic heterocycles. The van der Waals surface area contributed by atoms with Crippen molar-refractivity contribution in [2.75, 3.05) is 13.7 Å². The predicted octanol–water partition coefficient (Wildman–Crippen LogP) is 2.18. The number of methoxy groups -OCH3 is 1. The highest BCUT2D eigenvalue weighted by atomic mass is 32.1. The Balaban J connectivity index is 1.80. The molecule has 1 heterocycles. The van der Waals surface area contributed by atoms with Crippen molar-refractivity contribution in [1.29, 1.82) is 0 Å². The fraction of sp³-hybridized carbons (Fsp3) is 0.294. The fourth-order valence-electron chi connectivity index (χ4n) is 2.05. The lowest BCUT2D eigenvalue weighted by atomic mass is 10.2. The zero-order valence-electron chi connectivity index (χ0n) is 13.2. The molecular formula is C17H20N2O3S. The molecule has 2 aromatic rings. The number of carbonyl (C=O) groups excluding carboxylic acids is 2. The van der Waals surface area contributed by atoms with Crippen molar-refractivity contribution in [3.63, 3.8) is 0 Å². The van der Waals surface area contributed by atoms with Crippen LogP contribution in [-0.4, -0.2) is 25.5 Å². The lowest BCUT2D eigenvalue weighted by Crippen LogP contribution is -2.41. The van der Waals surface area contributed by atoms with Gasteiger partial charge in [-0.15, -0.1) is 11.3 Å². The van der Waals surface area contributed by atoms with Gasteiger partial charge in [-0.3, -0.25) is 9.59 Å². The SMILES string of the molecule is CO[C@@H](CNC(=O)C(=O)NCc1ccccc1)c1ccc(C)s1. The monoisotopic (exact) mass is 332 g/mol. The van der Waals surface area contributed by atoms with Crippen LogP contribution in [0, 0.1) is 6.92 Å². The van der Waals surface area contributed by atoms with E-state index in [0.29, 0.717) is 6.54 Å². The van der Waals surface area contributed by atoms with E-state index >= 15 is 0 Å². The summed E-state index contributed by atoms with van der Waals surface area (Å²) in [6.07, 6.45) is -0.250. The number of ether oxygens (including phenoxy) is 1. The fourth-order valence-corrected chi connectivity index (χ4v) is 3.01. The summed E-state index contributed by atoms with van der Waals surface area (Å²) >= 11 is 1.61. The molecule has 0 fully saturated rings. The second kappa shape index (κ2) is 8.45. The molecule has 23 heavy (non-hydrogen) atoms. The highest BCUT2D eigenvalue weighted by Gasteiger charge is 2.17. The van der Waals surface area contributed by atoms with Crippen LogP contribution in [0.2, 0.25) is 0 Å². The molecule has 6 heteroatoms. The molecule has 0 saturated carbocycles. The lowest BCUT2D eigenvalue weighted by Gasteiger charge is -2.14. The summed E-state index contributed by atoms with van der Waals surface area (Å²) in [7, 11) is 1.58. The Bertz CT molecular complexity index is 655. The quantitative estimate of drug-likeness (QED) is 0.797. The maximum absolute atomic E-state index is 11.8. The van der Waals surface area contributed by atoms with Gasteiger partial charge in [-0.2, -0.15) is 0 Å². The third kappa shape index (κ3) is 5.19. The van der Waals surface area contributed by atoms with Crippen LogP contribution in [0.25, 0.3) is 0 Å². The highest BCUT2D eigenvalue weighted by molar-refractivity contribution is 7.12. The second-order valence-electron chi connectivity index (χ2n) is 5.05. The summed E-state index contributed by atoms with van der Waals surface area (Å²) in [5.41, 5.74) is 0.942. The molecule has 0 spiro atoms. The first-order valence-electron chi connectivity index (χ1n) is 7.29. The summed E-state index contributed by atoms with van der Waals surface area (Å²) in [6.45, 7) is 2.59. The molecule has 0 bridgehead atoms. The minimum absolute atomic E-state index is 0.250. The van der Waals surface area contributed by atoms with E-state index < -0.39 is 11.8 Å². The number of carbonyl (C=O) groups is 2. The van der Waals surface area contributed by atoms with E-state index in [9.17, 15) is 9.59 Å². The number of aryl methyl sites for hydroxylation is 1. The lowest BCUT2D eigenvalue weighted by molar-refractivity contribution is -0.139. The Kier molecular flexibility index (Phi) is 6.31. The Morgan fingerprint density at radius 2 is 1.78 bits per heavy atom. The van der Waals surface area contributed by atoms with Gasteiger partial charge >= 0.3 is 11.8 Å². The molecule has 2 rings (SSSR count). The molecule has 1 aromatic heterocycles. The molecule has 0 saturated heterocycles. The van der Waals surface area contributed by atoms with Crippen LogP contribution in [0.3, 0.4) is 0 Å². The molecule has 1 atom stereocenters. The first-order chi connectivity index (χ1) is 11.1. The Morgan fingerprint density at radius 1 is 1.09 bits per heavy atom.